The summed E-state index contributed by atoms with van der Waals surface area (Å²) in [6.45, 7) is 1.72. The molecule has 1 fully saturated rings. The molecule has 3 nitrogen and oxygen atoms in total. The normalized spacial score (nSPS) is 17.6. The zero-order valence-electron chi connectivity index (χ0n) is 19.3. The van der Waals surface area contributed by atoms with E-state index in [-0.39, 0.29) is 11.5 Å². The van der Waals surface area contributed by atoms with Crippen molar-refractivity contribution in [1.82, 2.24) is 0 Å². The maximum absolute atomic E-state index is 13.6. The summed E-state index contributed by atoms with van der Waals surface area (Å²) in [5, 5.41) is 0. The summed E-state index contributed by atoms with van der Waals surface area (Å²) in [5.41, 5.74) is -3.24. The maximum atomic E-state index is 13.6. The number of ether oxygens (including phenoxy) is 2. The molecule has 0 aliphatic carbocycles. The van der Waals surface area contributed by atoms with Crippen LogP contribution in [0.1, 0.15) is 29.9 Å². The Kier molecular flexibility index (Phi) is 9.26. The summed E-state index contributed by atoms with van der Waals surface area (Å²) < 4.78 is 139. The number of benzene rings is 3. The minimum atomic E-state index is -5.21. The summed E-state index contributed by atoms with van der Waals surface area (Å²) in [5.74, 6) is -6.91. The lowest BCUT2D eigenvalue weighted by Crippen LogP contribution is -2.25. The molecule has 4 rings (SSSR count). The monoisotopic (exact) mass is 556 g/mol. The van der Waals surface area contributed by atoms with Crippen LogP contribution in [0.5, 0.6) is 5.75 Å². The summed E-state index contributed by atoms with van der Waals surface area (Å²) >= 11 is 0. The second-order valence-electron chi connectivity index (χ2n) is 8.23. The minimum absolute atomic E-state index is 0.240. The van der Waals surface area contributed by atoms with E-state index < -0.39 is 76.2 Å². The molecule has 0 amide bonds. The van der Waals surface area contributed by atoms with Gasteiger partial charge in [0.05, 0.1) is 18.8 Å². The number of halogens is 10. The van der Waals surface area contributed by atoms with E-state index in [9.17, 15) is 44.0 Å². The molecule has 206 valence electrons. The number of alkyl halides is 4. The molecule has 0 bridgehead atoms. The van der Waals surface area contributed by atoms with Gasteiger partial charge in [-0.2, -0.15) is 13.2 Å². The third kappa shape index (κ3) is 6.76. The van der Waals surface area contributed by atoms with Crippen LogP contribution in [0.15, 0.2) is 42.5 Å². The molecule has 0 atom stereocenters. The molecule has 13 heteroatoms. The largest absolute Gasteiger partial charge is 0.422 e. The van der Waals surface area contributed by atoms with Gasteiger partial charge in [-0.15, -0.1) is 0 Å². The Morgan fingerprint density at radius 2 is 1.37 bits per heavy atom. The van der Waals surface area contributed by atoms with Crippen LogP contribution in [0.4, 0.5) is 44.0 Å². The SMILES string of the molecule is CC1COC(c2cc(F)c(CF)c(F)c2)OC1.FOc1ccc(-c2cc(F)c(C(F)(F)F)c(F)c2)c(F)c1. The highest BCUT2D eigenvalue weighted by atomic mass is 19.4. The van der Waals surface area contributed by atoms with Crippen LogP contribution >= 0.6 is 0 Å². The van der Waals surface area contributed by atoms with Gasteiger partial charge in [0.25, 0.3) is 0 Å². The van der Waals surface area contributed by atoms with E-state index in [0.29, 0.717) is 31.4 Å². The molecular weight excluding hydrogens is 538 g/mol. The van der Waals surface area contributed by atoms with Gasteiger partial charge in [0.15, 0.2) is 12.0 Å². The van der Waals surface area contributed by atoms with Crippen molar-refractivity contribution in [3.63, 3.8) is 0 Å². The second-order valence-corrected chi connectivity index (χ2v) is 8.23. The lowest BCUT2D eigenvalue weighted by molar-refractivity contribution is -0.202. The highest BCUT2D eigenvalue weighted by molar-refractivity contribution is 5.65. The third-order valence-corrected chi connectivity index (χ3v) is 5.30. The highest BCUT2D eigenvalue weighted by Gasteiger charge is 2.38. The lowest BCUT2D eigenvalue weighted by atomic mass is 10.0. The molecule has 1 heterocycles. The maximum Gasteiger partial charge on any atom is 0.422 e. The molecule has 38 heavy (non-hydrogen) atoms. The van der Waals surface area contributed by atoms with E-state index in [1.807, 2.05) is 6.92 Å². The van der Waals surface area contributed by atoms with E-state index in [1.165, 1.54) is 0 Å². The van der Waals surface area contributed by atoms with Crippen LogP contribution in [0.2, 0.25) is 0 Å². The van der Waals surface area contributed by atoms with Crippen molar-refractivity contribution in [3.8, 4) is 16.9 Å². The molecule has 0 aromatic heterocycles. The van der Waals surface area contributed by atoms with Crippen molar-refractivity contribution >= 4 is 0 Å². The Bertz CT molecular complexity index is 1220. The fourth-order valence-corrected chi connectivity index (χ4v) is 3.46. The molecule has 0 saturated carbocycles. The fraction of sp³-hybridized carbons (Fsp3) is 0.280. The average Bonchev–Trinajstić information content (AvgIpc) is 2.83. The van der Waals surface area contributed by atoms with Gasteiger partial charge in [-0.05, 0) is 42.0 Å². The molecular formula is C25H18F10O3. The van der Waals surface area contributed by atoms with Crippen LogP contribution in [0, 0.1) is 35.0 Å². The smallest absolute Gasteiger partial charge is 0.348 e. The lowest BCUT2D eigenvalue weighted by Gasteiger charge is -2.27. The van der Waals surface area contributed by atoms with Crippen molar-refractivity contribution in [2.75, 3.05) is 13.2 Å². The quantitative estimate of drug-likeness (QED) is 0.304. The molecule has 0 unspecified atom stereocenters. The first kappa shape index (κ1) is 29.2. The minimum Gasteiger partial charge on any atom is -0.348 e. The van der Waals surface area contributed by atoms with Gasteiger partial charge in [0.1, 0.15) is 41.3 Å². The Morgan fingerprint density at radius 1 is 0.816 bits per heavy atom. The summed E-state index contributed by atoms with van der Waals surface area (Å²) in [6, 6.07) is 5.26. The Balaban J connectivity index is 0.000000215. The first-order valence-electron chi connectivity index (χ1n) is 10.8. The fourth-order valence-electron chi connectivity index (χ4n) is 3.46. The van der Waals surface area contributed by atoms with Gasteiger partial charge < -0.3 is 9.47 Å². The van der Waals surface area contributed by atoms with Crippen LogP contribution in [-0.4, -0.2) is 13.2 Å². The molecule has 3 aromatic carbocycles. The molecule has 0 radical (unpaired) electrons. The van der Waals surface area contributed by atoms with E-state index in [1.54, 1.807) is 0 Å². The molecule has 1 saturated heterocycles. The van der Waals surface area contributed by atoms with Crippen molar-refractivity contribution < 1.29 is 58.5 Å². The molecule has 0 spiro atoms. The zero-order chi connectivity index (χ0) is 28.2. The van der Waals surface area contributed by atoms with Crippen LogP contribution in [-0.2, 0) is 22.3 Å². The van der Waals surface area contributed by atoms with Gasteiger partial charge in [-0.1, -0.05) is 6.92 Å². The van der Waals surface area contributed by atoms with Gasteiger partial charge in [0, 0.05) is 27.6 Å². The summed E-state index contributed by atoms with van der Waals surface area (Å²) in [6.07, 6.45) is -5.99. The summed E-state index contributed by atoms with van der Waals surface area (Å²) in [7, 11) is 0. The summed E-state index contributed by atoms with van der Waals surface area (Å²) in [4.78, 5) is 3.26. The van der Waals surface area contributed by atoms with Crippen LogP contribution in [0.25, 0.3) is 11.1 Å². The Labute approximate surface area is 209 Å². The van der Waals surface area contributed by atoms with Crippen molar-refractivity contribution in [2.45, 2.75) is 26.1 Å². The topological polar surface area (TPSA) is 27.7 Å². The number of hydrogen-bond acceptors (Lipinski definition) is 3. The first-order chi connectivity index (χ1) is 17.8. The first-order valence-corrected chi connectivity index (χ1v) is 10.8. The zero-order valence-corrected chi connectivity index (χ0v) is 19.3. The van der Waals surface area contributed by atoms with E-state index >= 15 is 0 Å². The molecule has 1 aliphatic rings. The van der Waals surface area contributed by atoms with E-state index in [2.05, 4.69) is 4.94 Å². The Morgan fingerprint density at radius 3 is 1.82 bits per heavy atom. The van der Waals surface area contributed by atoms with E-state index in [4.69, 9.17) is 9.47 Å². The Hall–Kier alpha value is -3.32. The molecule has 0 N–H and O–H groups in total. The molecule has 3 aromatic rings. The predicted octanol–water partition coefficient (Wildman–Crippen LogP) is 8.17. The van der Waals surface area contributed by atoms with Crippen LogP contribution < -0.4 is 4.94 Å². The van der Waals surface area contributed by atoms with Crippen molar-refractivity contribution in [1.29, 1.82) is 0 Å². The van der Waals surface area contributed by atoms with Crippen LogP contribution in [0.3, 0.4) is 0 Å². The van der Waals surface area contributed by atoms with E-state index in [0.717, 1.165) is 24.3 Å². The average molecular weight is 556 g/mol. The van der Waals surface area contributed by atoms with Gasteiger partial charge in [-0.3, -0.25) is 4.94 Å². The van der Waals surface area contributed by atoms with Crippen molar-refractivity contribution in [3.05, 3.63) is 88.2 Å². The second kappa shape index (κ2) is 12.0. The third-order valence-electron chi connectivity index (χ3n) is 5.30. The van der Waals surface area contributed by atoms with Gasteiger partial charge >= 0.3 is 6.18 Å². The number of hydrogen-bond donors (Lipinski definition) is 0. The standard InChI is InChI=1S/C13H5F7O.C12H13F3O2/c14-9-5-7(21-20)1-2-8(9)6-3-10(15)12(11(16)4-6)13(17,18)19;1-7-5-16-12(17-6-7)8-2-10(14)9(4-13)11(15)3-8/h1-5H;2-3,7,12H,4-6H2,1H3. The number of rotatable bonds is 4. The van der Waals surface area contributed by atoms with Crippen molar-refractivity contribution in [2.24, 2.45) is 5.92 Å². The molecule has 1 aliphatic heterocycles. The van der Waals surface area contributed by atoms with Gasteiger partial charge in [-0.25, -0.2) is 26.3 Å². The highest BCUT2D eigenvalue weighted by Crippen LogP contribution is 2.37. The van der Waals surface area contributed by atoms with Gasteiger partial charge in [0.2, 0.25) is 0 Å². The predicted molar refractivity (Wildman–Crippen MR) is 113 cm³/mol.